The van der Waals surface area contributed by atoms with Gasteiger partial charge < -0.3 is 9.52 Å². The fourth-order valence-electron chi connectivity index (χ4n) is 2.30. The first kappa shape index (κ1) is 10.4. The second-order valence-electron chi connectivity index (χ2n) is 4.52. The summed E-state index contributed by atoms with van der Waals surface area (Å²) < 4.78 is 4.90. The predicted octanol–water partition coefficient (Wildman–Crippen LogP) is 2.40. The maximum absolute atomic E-state index is 12.2. The van der Waals surface area contributed by atoms with Crippen LogP contribution in [0.15, 0.2) is 23.0 Å². The van der Waals surface area contributed by atoms with Gasteiger partial charge in [-0.05, 0) is 25.8 Å². The minimum absolute atomic E-state index is 0.00319. The number of carbonyl (C=O) groups is 1. The van der Waals surface area contributed by atoms with Crippen molar-refractivity contribution in [1.29, 1.82) is 0 Å². The van der Waals surface area contributed by atoms with Crippen LogP contribution in [0.2, 0.25) is 0 Å². The van der Waals surface area contributed by atoms with E-state index < -0.39 is 11.5 Å². The molecular weight excluding hydrogens is 192 g/mol. The van der Waals surface area contributed by atoms with Gasteiger partial charge in [0.25, 0.3) is 0 Å². The molecule has 1 aliphatic carbocycles. The third-order valence-corrected chi connectivity index (χ3v) is 3.46. The molecule has 3 heteroatoms. The zero-order valence-electron chi connectivity index (χ0n) is 8.90. The standard InChI is InChI=1S/C12H16O3/c1-12(6-3-2-4-10(12)13)11(14)9-5-7-15-8-9/h5,7-8,10,13H,2-4,6H2,1H3/t10?,12-/m1/s1. The van der Waals surface area contributed by atoms with Gasteiger partial charge in [-0.15, -0.1) is 0 Å². The summed E-state index contributed by atoms with van der Waals surface area (Å²) >= 11 is 0. The molecule has 2 rings (SSSR count). The minimum atomic E-state index is -0.623. The van der Waals surface area contributed by atoms with E-state index in [2.05, 4.69) is 0 Å². The Hall–Kier alpha value is -1.09. The Morgan fingerprint density at radius 2 is 2.40 bits per heavy atom. The molecule has 1 aromatic heterocycles. The fraction of sp³-hybridized carbons (Fsp3) is 0.583. The number of aliphatic hydroxyl groups excluding tert-OH is 1. The summed E-state index contributed by atoms with van der Waals surface area (Å²) in [7, 11) is 0. The van der Waals surface area contributed by atoms with Gasteiger partial charge in [0, 0.05) is 0 Å². The Bertz CT molecular complexity index is 342. The van der Waals surface area contributed by atoms with E-state index in [1.54, 1.807) is 6.07 Å². The van der Waals surface area contributed by atoms with Gasteiger partial charge in [-0.2, -0.15) is 0 Å². The molecule has 82 valence electrons. The van der Waals surface area contributed by atoms with Crippen molar-refractivity contribution in [2.45, 2.75) is 38.7 Å². The van der Waals surface area contributed by atoms with Crippen molar-refractivity contribution >= 4 is 5.78 Å². The van der Waals surface area contributed by atoms with E-state index in [4.69, 9.17) is 4.42 Å². The van der Waals surface area contributed by atoms with E-state index in [0.717, 1.165) is 25.7 Å². The van der Waals surface area contributed by atoms with Crippen LogP contribution in [0.5, 0.6) is 0 Å². The minimum Gasteiger partial charge on any atom is -0.472 e. The van der Waals surface area contributed by atoms with E-state index in [0.29, 0.717) is 5.56 Å². The van der Waals surface area contributed by atoms with Gasteiger partial charge in [-0.1, -0.05) is 12.8 Å². The number of Topliss-reactive ketones (excluding diaryl/α,β-unsaturated/α-hetero) is 1. The molecule has 0 aromatic carbocycles. The number of hydrogen-bond donors (Lipinski definition) is 1. The van der Waals surface area contributed by atoms with Crippen molar-refractivity contribution < 1.29 is 14.3 Å². The zero-order valence-corrected chi connectivity index (χ0v) is 8.90. The van der Waals surface area contributed by atoms with E-state index in [-0.39, 0.29) is 5.78 Å². The molecule has 0 aliphatic heterocycles. The normalized spacial score (nSPS) is 31.5. The van der Waals surface area contributed by atoms with E-state index in [9.17, 15) is 9.90 Å². The van der Waals surface area contributed by atoms with Crippen LogP contribution in [-0.4, -0.2) is 17.0 Å². The number of ketones is 1. The second-order valence-corrected chi connectivity index (χ2v) is 4.52. The maximum Gasteiger partial charge on any atom is 0.174 e. The van der Waals surface area contributed by atoms with E-state index in [1.807, 2.05) is 6.92 Å². The van der Waals surface area contributed by atoms with Crippen molar-refractivity contribution in [3.8, 4) is 0 Å². The first-order chi connectivity index (χ1) is 7.14. The summed E-state index contributed by atoms with van der Waals surface area (Å²) in [6.45, 7) is 1.85. The molecule has 0 amide bonds. The lowest BCUT2D eigenvalue weighted by atomic mass is 9.69. The molecule has 1 aromatic rings. The lowest BCUT2D eigenvalue weighted by molar-refractivity contribution is 0.00834. The van der Waals surface area contributed by atoms with Crippen LogP contribution < -0.4 is 0 Å². The topological polar surface area (TPSA) is 50.4 Å². The van der Waals surface area contributed by atoms with Gasteiger partial charge in [0.15, 0.2) is 5.78 Å². The van der Waals surface area contributed by atoms with Crippen molar-refractivity contribution in [3.63, 3.8) is 0 Å². The molecule has 15 heavy (non-hydrogen) atoms. The SMILES string of the molecule is C[C@@]1(C(=O)c2ccoc2)CCCCC1O. The Morgan fingerprint density at radius 3 is 3.00 bits per heavy atom. The third kappa shape index (κ3) is 1.72. The highest BCUT2D eigenvalue weighted by atomic mass is 16.3. The van der Waals surface area contributed by atoms with E-state index in [1.165, 1.54) is 12.5 Å². The molecule has 1 unspecified atom stereocenters. The maximum atomic E-state index is 12.2. The van der Waals surface area contributed by atoms with Gasteiger partial charge in [0.2, 0.25) is 0 Å². The molecule has 1 aliphatic rings. The predicted molar refractivity (Wildman–Crippen MR) is 55.6 cm³/mol. The van der Waals surface area contributed by atoms with Crippen molar-refractivity contribution in [2.24, 2.45) is 5.41 Å². The van der Waals surface area contributed by atoms with E-state index >= 15 is 0 Å². The Kier molecular flexibility index (Phi) is 2.65. The molecule has 0 spiro atoms. The Balaban J connectivity index is 2.24. The smallest absolute Gasteiger partial charge is 0.174 e. The van der Waals surface area contributed by atoms with Crippen LogP contribution in [-0.2, 0) is 0 Å². The molecule has 1 N–H and O–H groups in total. The monoisotopic (exact) mass is 208 g/mol. The quantitative estimate of drug-likeness (QED) is 0.759. The Labute approximate surface area is 89.1 Å². The summed E-state index contributed by atoms with van der Waals surface area (Å²) in [5.74, 6) is 0.00319. The largest absolute Gasteiger partial charge is 0.472 e. The van der Waals surface area contributed by atoms with Crippen molar-refractivity contribution in [1.82, 2.24) is 0 Å². The molecule has 1 fully saturated rings. The number of furan rings is 1. The third-order valence-electron chi connectivity index (χ3n) is 3.46. The van der Waals surface area contributed by atoms with Gasteiger partial charge in [0.05, 0.1) is 23.3 Å². The van der Waals surface area contributed by atoms with Crippen LogP contribution >= 0.6 is 0 Å². The van der Waals surface area contributed by atoms with Crippen LogP contribution in [0.25, 0.3) is 0 Å². The lowest BCUT2D eigenvalue weighted by Gasteiger charge is -2.36. The average Bonchev–Trinajstić information content (AvgIpc) is 2.74. The second kappa shape index (κ2) is 3.81. The molecular formula is C12H16O3. The lowest BCUT2D eigenvalue weighted by Crippen LogP contribution is -2.42. The molecule has 1 saturated carbocycles. The summed E-state index contributed by atoms with van der Waals surface area (Å²) in [4.78, 5) is 12.2. The summed E-state index contributed by atoms with van der Waals surface area (Å²) in [6.07, 6.45) is 5.93. The van der Waals surface area contributed by atoms with Gasteiger partial charge >= 0.3 is 0 Å². The van der Waals surface area contributed by atoms with Crippen LogP contribution in [0, 0.1) is 5.41 Å². The van der Waals surface area contributed by atoms with Crippen LogP contribution in [0.1, 0.15) is 43.0 Å². The zero-order chi connectivity index (χ0) is 10.9. The molecule has 0 bridgehead atoms. The first-order valence-electron chi connectivity index (χ1n) is 5.39. The first-order valence-corrected chi connectivity index (χ1v) is 5.39. The molecule has 2 atom stereocenters. The van der Waals surface area contributed by atoms with Crippen LogP contribution in [0.3, 0.4) is 0 Å². The highest BCUT2D eigenvalue weighted by Crippen LogP contribution is 2.38. The van der Waals surface area contributed by atoms with Crippen molar-refractivity contribution in [3.05, 3.63) is 24.2 Å². The number of carbonyl (C=O) groups excluding carboxylic acids is 1. The average molecular weight is 208 g/mol. The molecule has 1 heterocycles. The molecule has 0 radical (unpaired) electrons. The highest BCUT2D eigenvalue weighted by Gasteiger charge is 2.42. The van der Waals surface area contributed by atoms with Gasteiger partial charge in [-0.25, -0.2) is 0 Å². The van der Waals surface area contributed by atoms with Gasteiger partial charge in [0.1, 0.15) is 6.26 Å². The number of aliphatic hydroxyl groups is 1. The van der Waals surface area contributed by atoms with Crippen LogP contribution in [0.4, 0.5) is 0 Å². The summed E-state index contributed by atoms with van der Waals surface area (Å²) in [5, 5.41) is 9.95. The summed E-state index contributed by atoms with van der Waals surface area (Å²) in [6, 6.07) is 1.66. The van der Waals surface area contributed by atoms with Crippen molar-refractivity contribution in [2.75, 3.05) is 0 Å². The summed E-state index contributed by atoms with van der Waals surface area (Å²) in [5.41, 5.74) is -0.0549. The fourth-order valence-corrected chi connectivity index (χ4v) is 2.30. The number of hydrogen-bond acceptors (Lipinski definition) is 3. The Morgan fingerprint density at radius 1 is 1.60 bits per heavy atom. The number of rotatable bonds is 2. The molecule has 3 nitrogen and oxygen atoms in total. The van der Waals surface area contributed by atoms with Gasteiger partial charge in [-0.3, -0.25) is 4.79 Å². The highest BCUT2D eigenvalue weighted by molar-refractivity contribution is 6.00. The molecule has 0 saturated heterocycles.